The lowest BCUT2D eigenvalue weighted by atomic mass is 10.1. The van der Waals surface area contributed by atoms with Gasteiger partial charge in [0.05, 0.1) is 24.7 Å². The van der Waals surface area contributed by atoms with Crippen molar-refractivity contribution >= 4 is 23.5 Å². The van der Waals surface area contributed by atoms with Gasteiger partial charge in [0.1, 0.15) is 0 Å². The average molecular weight is 409 g/mol. The van der Waals surface area contributed by atoms with Crippen LogP contribution in [-0.2, 0) is 11.2 Å². The first kappa shape index (κ1) is 19.7. The number of Topliss-reactive ketones (excluding diaryl/α,β-unsaturated/α-hetero) is 1. The Balaban J connectivity index is 1.66. The van der Waals surface area contributed by atoms with Gasteiger partial charge < -0.3 is 9.64 Å². The van der Waals surface area contributed by atoms with Crippen LogP contribution < -0.4 is 4.90 Å². The molecule has 150 valence electrons. The third-order valence-corrected chi connectivity index (χ3v) is 5.88. The van der Waals surface area contributed by atoms with Gasteiger partial charge in [-0.25, -0.2) is 0 Å². The first-order valence-electron chi connectivity index (χ1n) is 9.85. The van der Waals surface area contributed by atoms with E-state index in [1.54, 1.807) is 0 Å². The monoisotopic (exact) mass is 408 g/mol. The Kier molecular flexibility index (Phi) is 6.27. The molecule has 7 heteroatoms. The van der Waals surface area contributed by atoms with Crippen molar-refractivity contribution in [3.63, 3.8) is 0 Å². The molecule has 0 aliphatic carbocycles. The first-order chi connectivity index (χ1) is 14.3. The molecule has 29 heavy (non-hydrogen) atoms. The summed E-state index contributed by atoms with van der Waals surface area (Å²) in [6, 6.07) is 17.7. The minimum Gasteiger partial charge on any atom is -0.378 e. The highest BCUT2D eigenvalue weighted by Crippen LogP contribution is 2.29. The number of hydrogen-bond donors (Lipinski definition) is 0. The molecule has 0 radical (unpaired) electrons. The summed E-state index contributed by atoms with van der Waals surface area (Å²) in [6.07, 6.45) is 0.907. The molecule has 0 spiro atoms. The maximum absolute atomic E-state index is 12.6. The summed E-state index contributed by atoms with van der Waals surface area (Å²) in [5.41, 5.74) is 3.00. The number of hydrogen-bond acceptors (Lipinski definition) is 6. The number of thioether (sulfide) groups is 1. The lowest BCUT2D eigenvalue weighted by Crippen LogP contribution is -2.38. The van der Waals surface area contributed by atoms with Gasteiger partial charge in [0.15, 0.2) is 10.9 Å². The van der Waals surface area contributed by atoms with E-state index < -0.39 is 0 Å². The number of morpholine rings is 1. The van der Waals surface area contributed by atoms with Gasteiger partial charge in [-0.05, 0) is 18.1 Å². The summed E-state index contributed by atoms with van der Waals surface area (Å²) < 4.78 is 7.59. The third-order valence-electron chi connectivity index (χ3n) is 4.95. The van der Waals surface area contributed by atoms with Crippen LogP contribution in [0, 0.1) is 0 Å². The highest BCUT2D eigenvalue weighted by Gasteiger charge is 2.23. The second-order valence-electron chi connectivity index (χ2n) is 6.78. The molecule has 2 heterocycles. The Morgan fingerprint density at radius 2 is 1.76 bits per heavy atom. The van der Waals surface area contributed by atoms with Gasteiger partial charge in [0, 0.05) is 18.7 Å². The van der Waals surface area contributed by atoms with E-state index in [9.17, 15) is 4.79 Å². The van der Waals surface area contributed by atoms with Crippen LogP contribution in [0.5, 0.6) is 0 Å². The molecule has 0 saturated carbocycles. The Labute approximate surface area is 174 Å². The second-order valence-corrected chi connectivity index (χ2v) is 7.72. The number of ketones is 1. The van der Waals surface area contributed by atoms with E-state index in [2.05, 4.69) is 38.7 Å². The molecule has 4 rings (SSSR count). The summed E-state index contributed by atoms with van der Waals surface area (Å²) >= 11 is 1.43. The molecular formula is C22H24N4O2S. The maximum atomic E-state index is 12.6. The van der Waals surface area contributed by atoms with E-state index in [0.29, 0.717) is 24.5 Å². The second kappa shape index (κ2) is 9.24. The van der Waals surface area contributed by atoms with Crippen LogP contribution in [0.1, 0.15) is 22.8 Å². The molecule has 0 unspecified atom stereocenters. The Morgan fingerprint density at radius 3 is 2.52 bits per heavy atom. The van der Waals surface area contributed by atoms with Crippen LogP contribution in [0.4, 0.5) is 5.95 Å². The van der Waals surface area contributed by atoms with Crippen molar-refractivity contribution in [2.75, 3.05) is 37.0 Å². The molecular weight excluding hydrogens is 384 g/mol. The average Bonchev–Trinajstić information content (AvgIpc) is 3.22. The van der Waals surface area contributed by atoms with Crippen molar-refractivity contribution in [2.45, 2.75) is 18.5 Å². The minimum absolute atomic E-state index is 0.0850. The van der Waals surface area contributed by atoms with E-state index in [1.807, 2.05) is 42.5 Å². The van der Waals surface area contributed by atoms with E-state index in [4.69, 9.17) is 4.74 Å². The first-order valence-corrected chi connectivity index (χ1v) is 10.8. The lowest BCUT2D eigenvalue weighted by molar-refractivity contribution is 0.102. The van der Waals surface area contributed by atoms with Gasteiger partial charge in [0.2, 0.25) is 5.95 Å². The van der Waals surface area contributed by atoms with Gasteiger partial charge in [-0.2, -0.15) is 0 Å². The van der Waals surface area contributed by atoms with Gasteiger partial charge >= 0.3 is 0 Å². The number of anilines is 1. The number of aryl methyl sites for hydroxylation is 1. The zero-order chi connectivity index (χ0) is 20.1. The molecule has 0 N–H and O–H groups in total. The van der Waals surface area contributed by atoms with E-state index >= 15 is 0 Å². The molecule has 1 fully saturated rings. The zero-order valence-electron chi connectivity index (χ0n) is 16.5. The predicted octanol–water partition coefficient (Wildman–Crippen LogP) is 3.64. The fourth-order valence-electron chi connectivity index (χ4n) is 3.40. The molecule has 0 bridgehead atoms. The normalized spacial score (nSPS) is 14.2. The topological polar surface area (TPSA) is 60.2 Å². The predicted molar refractivity (Wildman–Crippen MR) is 115 cm³/mol. The fraction of sp³-hybridized carbons (Fsp3) is 0.318. The SMILES string of the molecule is CCc1ccccc1-n1c(SCC(=O)c2ccccc2)nnc1N1CCOCC1. The highest BCUT2D eigenvalue weighted by atomic mass is 32.2. The number of carbonyl (C=O) groups is 1. The minimum atomic E-state index is 0.0850. The molecule has 6 nitrogen and oxygen atoms in total. The molecule has 1 aromatic heterocycles. The van der Waals surface area contributed by atoms with Crippen molar-refractivity contribution in [1.82, 2.24) is 14.8 Å². The van der Waals surface area contributed by atoms with Crippen LogP contribution in [-0.4, -0.2) is 52.6 Å². The smallest absolute Gasteiger partial charge is 0.232 e. The van der Waals surface area contributed by atoms with Gasteiger partial charge in [-0.1, -0.05) is 67.2 Å². The fourth-order valence-corrected chi connectivity index (χ4v) is 4.23. The quantitative estimate of drug-likeness (QED) is 0.439. The van der Waals surface area contributed by atoms with Crippen LogP contribution in [0.25, 0.3) is 5.69 Å². The molecule has 0 amide bonds. The standard InChI is InChI=1S/C22H24N4O2S/c1-2-17-8-6-7-11-19(17)26-21(25-12-14-28-15-13-25)23-24-22(26)29-16-20(27)18-9-4-3-5-10-18/h3-11H,2,12-16H2,1H3. The van der Waals surface area contributed by atoms with Crippen LogP contribution in [0.15, 0.2) is 59.8 Å². The molecule has 1 saturated heterocycles. The van der Waals surface area contributed by atoms with Crippen LogP contribution in [0.3, 0.4) is 0 Å². The number of para-hydroxylation sites is 1. The Morgan fingerprint density at radius 1 is 1.03 bits per heavy atom. The van der Waals surface area contributed by atoms with Gasteiger partial charge in [0.25, 0.3) is 0 Å². The largest absolute Gasteiger partial charge is 0.378 e. The number of carbonyl (C=O) groups excluding carboxylic acids is 1. The number of ether oxygens (including phenoxy) is 1. The van der Waals surface area contributed by atoms with Crippen molar-refractivity contribution in [2.24, 2.45) is 0 Å². The van der Waals surface area contributed by atoms with Crippen molar-refractivity contribution < 1.29 is 9.53 Å². The number of nitrogens with zero attached hydrogens (tertiary/aromatic N) is 4. The molecule has 1 aliphatic rings. The summed E-state index contributed by atoms with van der Waals surface area (Å²) in [5.74, 6) is 1.21. The van der Waals surface area contributed by atoms with Gasteiger partial charge in [-0.15, -0.1) is 10.2 Å². The van der Waals surface area contributed by atoms with Crippen molar-refractivity contribution in [1.29, 1.82) is 0 Å². The number of aromatic nitrogens is 3. The molecule has 2 aromatic carbocycles. The van der Waals surface area contributed by atoms with Gasteiger partial charge in [-0.3, -0.25) is 9.36 Å². The number of rotatable bonds is 7. The van der Waals surface area contributed by atoms with E-state index in [0.717, 1.165) is 36.3 Å². The molecule has 0 atom stereocenters. The summed E-state index contributed by atoms with van der Waals surface area (Å²) in [6.45, 7) is 5.05. The Bertz CT molecular complexity index is 968. The number of benzene rings is 2. The lowest BCUT2D eigenvalue weighted by Gasteiger charge is -2.28. The van der Waals surface area contributed by atoms with Crippen LogP contribution in [0.2, 0.25) is 0 Å². The molecule has 3 aromatic rings. The van der Waals surface area contributed by atoms with Crippen molar-refractivity contribution in [3.8, 4) is 5.69 Å². The maximum Gasteiger partial charge on any atom is 0.232 e. The van der Waals surface area contributed by atoms with E-state index in [1.165, 1.54) is 17.3 Å². The summed E-state index contributed by atoms with van der Waals surface area (Å²) in [5, 5.41) is 9.68. The summed E-state index contributed by atoms with van der Waals surface area (Å²) in [7, 11) is 0. The zero-order valence-corrected chi connectivity index (χ0v) is 17.3. The highest BCUT2D eigenvalue weighted by molar-refractivity contribution is 7.99. The van der Waals surface area contributed by atoms with Crippen molar-refractivity contribution in [3.05, 3.63) is 65.7 Å². The molecule has 1 aliphatic heterocycles. The van der Waals surface area contributed by atoms with E-state index in [-0.39, 0.29) is 5.78 Å². The Hall–Kier alpha value is -2.64. The third kappa shape index (κ3) is 4.36. The van der Waals surface area contributed by atoms with Crippen LogP contribution >= 0.6 is 11.8 Å². The summed E-state index contributed by atoms with van der Waals surface area (Å²) in [4.78, 5) is 14.8.